The van der Waals surface area contributed by atoms with Crippen LogP contribution in [0.1, 0.15) is 15.9 Å². The first-order valence-corrected chi connectivity index (χ1v) is 6.39. The van der Waals surface area contributed by atoms with Gasteiger partial charge in [0.15, 0.2) is 0 Å². The summed E-state index contributed by atoms with van der Waals surface area (Å²) in [5, 5.41) is 12.0. The van der Waals surface area contributed by atoms with Crippen LogP contribution in [0.15, 0.2) is 48.5 Å². The topological polar surface area (TPSA) is 58.6 Å². The summed E-state index contributed by atoms with van der Waals surface area (Å²) in [6.45, 7) is 0.542. The number of ether oxygens (including phenoxy) is 1. The molecule has 0 spiro atoms. The number of hydrogen-bond acceptors (Lipinski definition) is 3. The Morgan fingerprint density at radius 3 is 2.65 bits per heavy atom. The van der Waals surface area contributed by atoms with E-state index in [1.165, 1.54) is 0 Å². The third-order valence-corrected chi connectivity index (χ3v) is 2.97. The van der Waals surface area contributed by atoms with E-state index < -0.39 is 0 Å². The van der Waals surface area contributed by atoms with E-state index in [-0.39, 0.29) is 11.7 Å². The number of phenols is 1. The Morgan fingerprint density at radius 1 is 1.20 bits per heavy atom. The molecule has 0 aliphatic heterocycles. The van der Waals surface area contributed by atoms with Crippen molar-refractivity contribution in [2.45, 2.75) is 6.42 Å². The Morgan fingerprint density at radius 2 is 1.95 bits per heavy atom. The van der Waals surface area contributed by atoms with Gasteiger partial charge in [-0.3, -0.25) is 4.79 Å². The molecule has 0 saturated heterocycles. The van der Waals surface area contributed by atoms with Crippen LogP contribution in [0.25, 0.3) is 0 Å². The molecule has 0 aliphatic carbocycles. The minimum atomic E-state index is -0.123. The number of carbonyl (C=O) groups is 1. The van der Waals surface area contributed by atoms with Crippen molar-refractivity contribution in [3.63, 3.8) is 0 Å². The standard InChI is InChI=1S/C16H17NO3/c1-20-15-4-2-3-13(11-15)16(19)17-10-9-12-5-7-14(18)8-6-12/h2-8,11,18H,9-10H2,1H3,(H,17,19). The molecule has 20 heavy (non-hydrogen) atoms. The predicted molar refractivity (Wildman–Crippen MR) is 77.1 cm³/mol. The van der Waals surface area contributed by atoms with Crippen molar-refractivity contribution >= 4 is 5.91 Å². The van der Waals surface area contributed by atoms with Gasteiger partial charge in [0.25, 0.3) is 5.91 Å². The van der Waals surface area contributed by atoms with Crippen LogP contribution >= 0.6 is 0 Å². The first-order valence-electron chi connectivity index (χ1n) is 6.39. The molecule has 104 valence electrons. The summed E-state index contributed by atoms with van der Waals surface area (Å²) in [5.41, 5.74) is 1.64. The molecule has 0 atom stereocenters. The average molecular weight is 271 g/mol. The van der Waals surface area contributed by atoms with Crippen LogP contribution in [0, 0.1) is 0 Å². The minimum absolute atomic E-state index is 0.123. The zero-order valence-corrected chi connectivity index (χ0v) is 11.3. The van der Waals surface area contributed by atoms with Gasteiger partial charge in [-0.05, 0) is 42.3 Å². The van der Waals surface area contributed by atoms with Crippen molar-refractivity contribution in [3.05, 3.63) is 59.7 Å². The molecule has 2 aromatic carbocycles. The molecular weight excluding hydrogens is 254 g/mol. The van der Waals surface area contributed by atoms with Gasteiger partial charge in [0, 0.05) is 12.1 Å². The zero-order valence-electron chi connectivity index (χ0n) is 11.3. The smallest absolute Gasteiger partial charge is 0.251 e. The Kier molecular flexibility index (Phi) is 4.60. The molecule has 0 radical (unpaired) electrons. The largest absolute Gasteiger partial charge is 0.508 e. The third-order valence-electron chi connectivity index (χ3n) is 2.97. The molecule has 1 amide bonds. The molecule has 2 aromatic rings. The predicted octanol–water partition coefficient (Wildman–Crippen LogP) is 2.37. The number of aromatic hydroxyl groups is 1. The number of nitrogens with one attached hydrogen (secondary N) is 1. The quantitative estimate of drug-likeness (QED) is 0.877. The summed E-state index contributed by atoms with van der Waals surface area (Å²) in [6, 6.07) is 14.0. The Hall–Kier alpha value is -2.49. The zero-order chi connectivity index (χ0) is 14.4. The summed E-state index contributed by atoms with van der Waals surface area (Å²) in [5.74, 6) is 0.785. The molecule has 4 heteroatoms. The van der Waals surface area contributed by atoms with Crippen LogP contribution in [0.3, 0.4) is 0 Å². The van der Waals surface area contributed by atoms with Crippen LogP contribution < -0.4 is 10.1 Å². The van der Waals surface area contributed by atoms with Gasteiger partial charge in [-0.15, -0.1) is 0 Å². The fourth-order valence-corrected chi connectivity index (χ4v) is 1.85. The van der Waals surface area contributed by atoms with Crippen molar-refractivity contribution in [2.24, 2.45) is 0 Å². The second kappa shape index (κ2) is 6.61. The van der Waals surface area contributed by atoms with E-state index in [1.54, 1.807) is 43.5 Å². The van der Waals surface area contributed by atoms with Gasteiger partial charge < -0.3 is 15.2 Å². The summed E-state index contributed by atoms with van der Waals surface area (Å²) in [6.07, 6.45) is 0.718. The average Bonchev–Trinajstić information content (AvgIpc) is 2.49. The lowest BCUT2D eigenvalue weighted by Crippen LogP contribution is -2.25. The second-order valence-electron chi connectivity index (χ2n) is 4.40. The number of phenolic OH excluding ortho intramolecular Hbond substituents is 1. The molecule has 0 saturated carbocycles. The maximum atomic E-state index is 12.0. The van der Waals surface area contributed by atoms with E-state index in [2.05, 4.69) is 5.32 Å². The molecular formula is C16H17NO3. The van der Waals surface area contributed by atoms with E-state index in [4.69, 9.17) is 4.74 Å². The third kappa shape index (κ3) is 3.75. The first kappa shape index (κ1) is 13.9. The fourth-order valence-electron chi connectivity index (χ4n) is 1.85. The number of hydrogen-bond donors (Lipinski definition) is 2. The molecule has 0 heterocycles. The van der Waals surface area contributed by atoms with E-state index in [0.717, 1.165) is 12.0 Å². The highest BCUT2D eigenvalue weighted by atomic mass is 16.5. The number of amides is 1. The lowest BCUT2D eigenvalue weighted by atomic mass is 10.1. The molecule has 4 nitrogen and oxygen atoms in total. The highest BCUT2D eigenvalue weighted by Crippen LogP contribution is 2.12. The van der Waals surface area contributed by atoms with Gasteiger partial charge in [-0.1, -0.05) is 18.2 Å². The van der Waals surface area contributed by atoms with Gasteiger partial charge in [0.05, 0.1) is 7.11 Å². The van der Waals surface area contributed by atoms with E-state index in [9.17, 15) is 9.90 Å². The van der Waals surface area contributed by atoms with Crippen molar-refractivity contribution in [1.82, 2.24) is 5.32 Å². The Balaban J connectivity index is 1.87. The van der Waals surface area contributed by atoms with Crippen molar-refractivity contribution in [2.75, 3.05) is 13.7 Å². The van der Waals surface area contributed by atoms with Gasteiger partial charge in [0.1, 0.15) is 11.5 Å². The molecule has 0 bridgehead atoms. The first-order chi connectivity index (χ1) is 9.69. The molecule has 0 unspecified atom stereocenters. The van der Waals surface area contributed by atoms with E-state index >= 15 is 0 Å². The van der Waals surface area contributed by atoms with Crippen LogP contribution in [-0.4, -0.2) is 24.7 Å². The van der Waals surface area contributed by atoms with Gasteiger partial charge >= 0.3 is 0 Å². The molecule has 2 N–H and O–H groups in total. The molecule has 0 aliphatic rings. The fraction of sp³-hybridized carbons (Fsp3) is 0.188. The van der Waals surface area contributed by atoms with Crippen LogP contribution in [0.2, 0.25) is 0 Å². The van der Waals surface area contributed by atoms with Crippen LogP contribution in [-0.2, 0) is 6.42 Å². The van der Waals surface area contributed by atoms with Crippen molar-refractivity contribution in [1.29, 1.82) is 0 Å². The highest BCUT2D eigenvalue weighted by Gasteiger charge is 2.05. The number of rotatable bonds is 5. The second-order valence-corrected chi connectivity index (χ2v) is 4.40. The Labute approximate surface area is 118 Å². The summed E-state index contributed by atoms with van der Waals surface area (Å²) in [7, 11) is 1.57. The van der Waals surface area contributed by atoms with Crippen molar-refractivity contribution in [3.8, 4) is 11.5 Å². The lowest BCUT2D eigenvalue weighted by Gasteiger charge is -2.07. The van der Waals surface area contributed by atoms with Crippen LogP contribution in [0.4, 0.5) is 0 Å². The normalized spacial score (nSPS) is 10.1. The SMILES string of the molecule is COc1cccc(C(=O)NCCc2ccc(O)cc2)c1. The van der Waals surface area contributed by atoms with Gasteiger partial charge in [-0.25, -0.2) is 0 Å². The lowest BCUT2D eigenvalue weighted by molar-refractivity contribution is 0.0954. The monoisotopic (exact) mass is 271 g/mol. The van der Waals surface area contributed by atoms with E-state index in [0.29, 0.717) is 17.9 Å². The van der Waals surface area contributed by atoms with Gasteiger partial charge in [-0.2, -0.15) is 0 Å². The molecule has 0 aromatic heterocycles. The maximum absolute atomic E-state index is 12.0. The van der Waals surface area contributed by atoms with Crippen molar-refractivity contribution < 1.29 is 14.6 Å². The van der Waals surface area contributed by atoms with Gasteiger partial charge in [0.2, 0.25) is 0 Å². The van der Waals surface area contributed by atoms with Crippen LogP contribution in [0.5, 0.6) is 11.5 Å². The van der Waals surface area contributed by atoms with E-state index in [1.807, 2.05) is 12.1 Å². The minimum Gasteiger partial charge on any atom is -0.508 e. The number of benzene rings is 2. The Bertz CT molecular complexity index is 579. The number of carbonyl (C=O) groups excluding carboxylic acids is 1. The number of methoxy groups -OCH3 is 1. The summed E-state index contributed by atoms with van der Waals surface area (Å²) >= 11 is 0. The molecule has 2 rings (SSSR count). The summed E-state index contributed by atoms with van der Waals surface area (Å²) < 4.78 is 5.09. The maximum Gasteiger partial charge on any atom is 0.251 e. The highest BCUT2D eigenvalue weighted by molar-refractivity contribution is 5.94. The molecule has 0 fully saturated rings. The summed E-state index contributed by atoms with van der Waals surface area (Å²) in [4.78, 5) is 12.0.